The Labute approximate surface area is 188 Å². The van der Waals surface area contributed by atoms with Crippen LogP contribution in [-0.2, 0) is 26.2 Å². The van der Waals surface area contributed by atoms with Gasteiger partial charge in [-0.25, -0.2) is 0 Å². The summed E-state index contributed by atoms with van der Waals surface area (Å²) in [5.74, 6) is -0.531. The molecule has 6 heteroatoms. The molecule has 0 bridgehead atoms. The molecule has 0 saturated carbocycles. The Hall–Kier alpha value is -2.04. The fourth-order valence-electron chi connectivity index (χ4n) is 4.12. The van der Waals surface area contributed by atoms with E-state index in [4.69, 9.17) is 27.9 Å². The number of carbonyl (C=O) groups excluding carboxylic acids is 2. The van der Waals surface area contributed by atoms with Crippen LogP contribution < -0.4 is 0 Å². The van der Waals surface area contributed by atoms with Crippen LogP contribution in [0.5, 0.6) is 0 Å². The number of fused-ring (bicyclic) bond motifs is 1. The van der Waals surface area contributed by atoms with Gasteiger partial charge in [0.25, 0.3) is 0 Å². The average molecular weight is 448 g/mol. The molecule has 0 saturated heterocycles. The predicted octanol–water partition coefficient (Wildman–Crippen LogP) is 5.42. The number of hydrogen-bond donors (Lipinski definition) is 0. The maximum atomic E-state index is 13.2. The zero-order valence-electron chi connectivity index (χ0n) is 17.8. The number of aryl methyl sites for hydroxylation is 1. The minimum atomic E-state index is -0.588. The molecule has 3 rings (SSSR count). The van der Waals surface area contributed by atoms with Gasteiger partial charge in [-0.15, -0.1) is 0 Å². The first-order chi connectivity index (χ1) is 14.0. The van der Waals surface area contributed by atoms with Gasteiger partial charge in [0.2, 0.25) is 5.91 Å². The van der Waals surface area contributed by atoms with Crippen molar-refractivity contribution in [1.82, 2.24) is 4.90 Å². The number of ether oxygens (including phenoxy) is 1. The second-order valence-electron chi connectivity index (χ2n) is 8.90. The molecule has 1 aliphatic rings. The summed E-state index contributed by atoms with van der Waals surface area (Å²) in [6.45, 7) is 5.34. The molecule has 2 aromatic rings. The van der Waals surface area contributed by atoms with Crippen molar-refractivity contribution in [2.45, 2.75) is 51.0 Å². The van der Waals surface area contributed by atoms with Crippen molar-refractivity contribution in [3.63, 3.8) is 0 Å². The number of amides is 1. The van der Waals surface area contributed by atoms with Crippen LogP contribution in [0.15, 0.2) is 42.5 Å². The molecule has 1 atom stereocenters. The molecule has 0 aromatic heterocycles. The highest BCUT2D eigenvalue weighted by molar-refractivity contribution is 6.31. The molecule has 0 spiro atoms. The van der Waals surface area contributed by atoms with Crippen molar-refractivity contribution in [1.29, 1.82) is 0 Å². The zero-order chi connectivity index (χ0) is 22.1. The number of benzene rings is 2. The third-order valence-corrected chi connectivity index (χ3v) is 5.95. The Balaban J connectivity index is 1.89. The molecule has 0 aliphatic heterocycles. The van der Waals surface area contributed by atoms with Gasteiger partial charge in [-0.3, -0.25) is 9.59 Å². The highest BCUT2D eigenvalue weighted by Crippen LogP contribution is 2.47. The maximum Gasteiger partial charge on any atom is 0.326 e. The van der Waals surface area contributed by atoms with Gasteiger partial charge in [0.1, 0.15) is 12.1 Å². The number of esters is 1. The van der Waals surface area contributed by atoms with Crippen LogP contribution >= 0.6 is 23.2 Å². The summed E-state index contributed by atoms with van der Waals surface area (Å²) < 4.78 is 5.36. The van der Waals surface area contributed by atoms with Gasteiger partial charge >= 0.3 is 5.97 Å². The van der Waals surface area contributed by atoms with Crippen molar-refractivity contribution in [3.8, 4) is 0 Å². The molecule has 0 N–H and O–H groups in total. The fraction of sp³-hybridized carbons (Fsp3) is 0.417. The van der Waals surface area contributed by atoms with E-state index in [1.54, 1.807) is 7.05 Å². The van der Waals surface area contributed by atoms with Crippen LogP contribution in [0.2, 0.25) is 10.0 Å². The van der Waals surface area contributed by atoms with Gasteiger partial charge in [-0.05, 0) is 74.6 Å². The van der Waals surface area contributed by atoms with Gasteiger partial charge in [0.15, 0.2) is 0 Å². The molecule has 1 aliphatic carbocycles. The number of likely N-dealkylation sites (N-methyl/N-ethyl adjacent to an activating group) is 1. The highest BCUT2D eigenvalue weighted by Gasteiger charge is 2.42. The third kappa shape index (κ3) is 4.98. The molecule has 30 heavy (non-hydrogen) atoms. The van der Waals surface area contributed by atoms with Gasteiger partial charge in [0, 0.05) is 28.9 Å². The summed E-state index contributed by atoms with van der Waals surface area (Å²) in [5.41, 5.74) is 2.22. The molecule has 1 amide bonds. The second-order valence-corrected chi connectivity index (χ2v) is 9.78. The van der Waals surface area contributed by atoms with E-state index < -0.39 is 17.0 Å². The minimum Gasteiger partial charge on any atom is -0.459 e. The minimum absolute atomic E-state index is 0.0831. The topological polar surface area (TPSA) is 46.6 Å². The number of nitrogens with zero attached hydrogens (tertiary/aromatic N) is 1. The molecule has 0 heterocycles. The third-order valence-electron chi connectivity index (χ3n) is 5.47. The average Bonchev–Trinajstić information content (AvgIpc) is 2.99. The van der Waals surface area contributed by atoms with Gasteiger partial charge < -0.3 is 9.64 Å². The second kappa shape index (κ2) is 8.60. The first kappa shape index (κ1) is 22.6. The first-order valence-electron chi connectivity index (χ1n) is 10.0. The lowest BCUT2D eigenvalue weighted by Crippen LogP contribution is -2.40. The Morgan fingerprint density at radius 3 is 2.33 bits per heavy atom. The van der Waals surface area contributed by atoms with Crippen LogP contribution in [0.1, 0.15) is 50.3 Å². The fourth-order valence-corrected chi connectivity index (χ4v) is 4.44. The standard InChI is InChI=1S/C24H27Cl2NO3/c1-23(2,3)30-22(29)15-27(4)21(28)14-24(17-5-7-18(25)8-6-17)12-11-16-13-19(26)9-10-20(16)24/h5-10,13H,11-12,14-15H2,1-4H3/t24-/m1/s1. The predicted molar refractivity (Wildman–Crippen MR) is 120 cm³/mol. The van der Waals surface area contributed by atoms with E-state index in [1.165, 1.54) is 4.90 Å². The summed E-state index contributed by atoms with van der Waals surface area (Å²) in [4.78, 5) is 26.8. The molecular formula is C24H27Cl2NO3. The lowest BCUT2D eigenvalue weighted by atomic mass is 9.72. The molecule has 4 nitrogen and oxygen atoms in total. The number of halogens is 2. The summed E-state index contributed by atoms with van der Waals surface area (Å²) in [5, 5.41) is 1.34. The van der Waals surface area contributed by atoms with Crippen molar-refractivity contribution in [2.24, 2.45) is 0 Å². The van der Waals surface area contributed by atoms with Crippen molar-refractivity contribution >= 4 is 35.1 Å². The first-order valence-corrected chi connectivity index (χ1v) is 10.8. The largest absolute Gasteiger partial charge is 0.459 e. The molecule has 2 aromatic carbocycles. The Bertz CT molecular complexity index is 950. The summed E-state index contributed by atoms with van der Waals surface area (Å²) in [6.07, 6.45) is 1.88. The van der Waals surface area contributed by atoms with Crippen LogP contribution in [0.25, 0.3) is 0 Å². The van der Waals surface area contributed by atoms with Gasteiger partial charge in [0.05, 0.1) is 0 Å². The van der Waals surface area contributed by atoms with Crippen molar-refractivity contribution in [3.05, 3.63) is 69.2 Å². The van der Waals surface area contributed by atoms with E-state index in [-0.39, 0.29) is 18.9 Å². The van der Waals surface area contributed by atoms with Gasteiger partial charge in [-0.2, -0.15) is 0 Å². The molecule has 0 radical (unpaired) electrons. The number of carbonyl (C=O) groups is 2. The molecular weight excluding hydrogens is 421 g/mol. The maximum absolute atomic E-state index is 13.2. The van der Waals surface area contributed by atoms with Crippen LogP contribution in [-0.4, -0.2) is 36.0 Å². The number of hydrogen-bond acceptors (Lipinski definition) is 3. The van der Waals surface area contributed by atoms with Crippen molar-refractivity contribution in [2.75, 3.05) is 13.6 Å². The summed E-state index contributed by atoms with van der Waals surface area (Å²) in [6, 6.07) is 13.5. The molecule has 0 fully saturated rings. The smallest absolute Gasteiger partial charge is 0.326 e. The van der Waals surface area contributed by atoms with Crippen LogP contribution in [0.3, 0.4) is 0 Å². The summed E-state index contributed by atoms with van der Waals surface area (Å²) in [7, 11) is 1.64. The Kier molecular flexibility index (Phi) is 6.49. The van der Waals surface area contributed by atoms with E-state index in [1.807, 2.05) is 63.2 Å². The van der Waals surface area contributed by atoms with Crippen molar-refractivity contribution < 1.29 is 14.3 Å². The van der Waals surface area contributed by atoms with Gasteiger partial charge in [-0.1, -0.05) is 41.4 Å². The quantitative estimate of drug-likeness (QED) is 0.575. The number of rotatable bonds is 5. The van der Waals surface area contributed by atoms with E-state index in [0.717, 1.165) is 29.5 Å². The van der Waals surface area contributed by atoms with E-state index in [0.29, 0.717) is 10.0 Å². The SMILES string of the molecule is CN(CC(=O)OC(C)(C)C)C(=O)C[C@@]1(c2ccc(Cl)cc2)CCc2cc(Cl)ccc21. The highest BCUT2D eigenvalue weighted by atomic mass is 35.5. The monoisotopic (exact) mass is 447 g/mol. The lowest BCUT2D eigenvalue weighted by molar-refractivity contribution is -0.158. The lowest BCUT2D eigenvalue weighted by Gasteiger charge is -2.33. The van der Waals surface area contributed by atoms with E-state index in [9.17, 15) is 9.59 Å². The van der Waals surface area contributed by atoms with E-state index in [2.05, 4.69) is 0 Å². The zero-order valence-corrected chi connectivity index (χ0v) is 19.3. The normalized spacial score (nSPS) is 18.1. The van der Waals surface area contributed by atoms with Crippen LogP contribution in [0, 0.1) is 0 Å². The Morgan fingerprint density at radius 1 is 1.07 bits per heavy atom. The Morgan fingerprint density at radius 2 is 1.70 bits per heavy atom. The molecule has 160 valence electrons. The molecule has 0 unspecified atom stereocenters. The van der Waals surface area contributed by atoms with Crippen LogP contribution in [0.4, 0.5) is 0 Å². The van der Waals surface area contributed by atoms with E-state index >= 15 is 0 Å². The summed E-state index contributed by atoms with van der Waals surface area (Å²) >= 11 is 12.3.